The molecule has 2 N–H and O–H groups in total. The van der Waals surface area contributed by atoms with Crippen LogP contribution >= 0.6 is 0 Å². The number of aromatic nitrogens is 3. The summed E-state index contributed by atoms with van der Waals surface area (Å²) in [6.45, 7) is 2.80. The quantitative estimate of drug-likeness (QED) is 0.857. The molecule has 0 saturated carbocycles. The number of nitrogens with two attached hydrogens (primary N) is 1. The third kappa shape index (κ3) is 2.00. The second kappa shape index (κ2) is 4.66. The molecule has 1 fully saturated rings. The molecule has 3 heterocycles. The van der Waals surface area contributed by atoms with Gasteiger partial charge < -0.3 is 10.6 Å². The highest BCUT2D eigenvalue weighted by Gasteiger charge is 2.23. The van der Waals surface area contributed by atoms with Gasteiger partial charge in [0.05, 0.1) is 0 Å². The molecular weight excluding hydrogens is 226 g/mol. The Bertz CT molecular complexity index is 547. The molecule has 0 radical (unpaired) electrons. The second-order valence-electron chi connectivity index (χ2n) is 5.13. The van der Waals surface area contributed by atoms with Crippen LogP contribution in [-0.4, -0.2) is 39.6 Å². The topological polar surface area (TPSA) is 59.5 Å². The molecule has 2 aromatic rings. The molecule has 96 valence electrons. The van der Waals surface area contributed by atoms with E-state index in [4.69, 9.17) is 5.73 Å². The van der Waals surface area contributed by atoms with Gasteiger partial charge in [0, 0.05) is 25.2 Å². The van der Waals surface area contributed by atoms with Gasteiger partial charge in [0.1, 0.15) is 5.82 Å². The third-order valence-corrected chi connectivity index (χ3v) is 3.73. The standard InChI is InChI=1S/C13H19N5/c1-17-5-2-3-11(9-17)13-16-15-12-7-10(8-14)4-6-18(12)13/h4,6-7,11H,2-3,5,8-9,14H2,1H3. The summed E-state index contributed by atoms with van der Waals surface area (Å²) in [4.78, 5) is 2.36. The minimum absolute atomic E-state index is 0.488. The number of hydrogen-bond acceptors (Lipinski definition) is 4. The Kier molecular flexibility index (Phi) is 3.01. The normalized spacial score (nSPS) is 21.6. The van der Waals surface area contributed by atoms with Crippen LogP contribution in [0.3, 0.4) is 0 Å². The van der Waals surface area contributed by atoms with Gasteiger partial charge in [-0.3, -0.25) is 4.40 Å². The van der Waals surface area contributed by atoms with E-state index in [2.05, 4.69) is 26.5 Å². The zero-order chi connectivity index (χ0) is 12.5. The van der Waals surface area contributed by atoms with Crippen molar-refractivity contribution in [2.24, 2.45) is 5.73 Å². The molecule has 1 unspecified atom stereocenters. The van der Waals surface area contributed by atoms with Gasteiger partial charge in [-0.2, -0.15) is 0 Å². The number of hydrogen-bond donors (Lipinski definition) is 1. The lowest BCUT2D eigenvalue weighted by atomic mass is 9.98. The van der Waals surface area contributed by atoms with Crippen molar-refractivity contribution in [1.29, 1.82) is 0 Å². The average Bonchev–Trinajstić information content (AvgIpc) is 2.81. The van der Waals surface area contributed by atoms with E-state index in [1.165, 1.54) is 19.4 Å². The van der Waals surface area contributed by atoms with Crippen LogP contribution in [0.5, 0.6) is 0 Å². The molecule has 5 nitrogen and oxygen atoms in total. The lowest BCUT2D eigenvalue weighted by Gasteiger charge is -2.28. The van der Waals surface area contributed by atoms with Crippen LogP contribution in [-0.2, 0) is 6.54 Å². The first-order valence-corrected chi connectivity index (χ1v) is 6.50. The molecule has 2 aromatic heterocycles. The highest BCUT2D eigenvalue weighted by Crippen LogP contribution is 2.25. The van der Waals surface area contributed by atoms with E-state index in [1.807, 2.05) is 18.3 Å². The maximum atomic E-state index is 5.64. The highest BCUT2D eigenvalue weighted by atomic mass is 15.3. The Hall–Kier alpha value is -1.46. The van der Waals surface area contributed by atoms with E-state index >= 15 is 0 Å². The molecule has 5 heteroatoms. The lowest BCUT2D eigenvalue weighted by molar-refractivity contribution is 0.245. The molecule has 1 saturated heterocycles. The first kappa shape index (κ1) is 11.6. The number of likely N-dealkylation sites (tertiary alicyclic amines) is 1. The maximum Gasteiger partial charge on any atom is 0.161 e. The molecule has 18 heavy (non-hydrogen) atoms. The van der Waals surface area contributed by atoms with Gasteiger partial charge in [-0.15, -0.1) is 10.2 Å². The van der Waals surface area contributed by atoms with Crippen molar-refractivity contribution in [3.63, 3.8) is 0 Å². The van der Waals surface area contributed by atoms with E-state index in [1.54, 1.807) is 0 Å². The van der Waals surface area contributed by atoms with Gasteiger partial charge >= 0.3 is 0 Å². The number of pyridine rings is 1. The van der Waals surface area contributed by atoms with Gasteiger partial charge in [0.2, 0.25) is 0 Å². The fourth-order valence-electron chi connectivity index (χ4n) is 2.73. The molecule has 1 aliphatic heterocycles. The van der Waals surface area contributed by atoms with Gasteiger partial charge in [-0.1, -0.05) is 0 Å². The average molecular weight is 245 g/mol. The Labute approximate surface area is 107 Å². The van der Waals surface area contributed by atoms with E-state index < -0.39 is 0 Å². The van der Waals surface area contributed by atoms with Crippen molar-refractivity contribution in [2.75, 3.05) is 20.1 Å². The lowest BCUT2D eigenvalue weighted by Crippen LogP contribution is -2.31. The fourth-order valence-corrected chi connectivity index (χ4v) is 2.73. The Morgan fingerprint density at radius 2 is 2.33 bits per heavy atom. The van der Waals surface area contributed by atoms with Gasteiger partial charge in [0.25, 0.3) is 0 Å². The summed E-state index contributed by atoms with van der Waals surface area (Å²) >= 11 is 0. The summed E-state index contributed by atoms with van der Waals surface area (Å²) in [6.07, 6.45) is 4.47. The van der Waals surface area contributed by atoms with Crippen molar-refractivity contribution >= 4 is 5.65 Å². The van der Waals surface area contributed by atoms with E-state index in [-0.39, 0.29) is 0 Å². The number of likely N-dealkylation sites (N-methyl/N-ethyl adjacent to an activating group) is 1. The van der Waals surface area contributed by atoms with Crippen molar-refractivity contribution in [1.82, 2.24) is 19.5 Å². The Morgan fingerprint density at radius 3 is 3.11 bits per heavy atom. The first-order chi connectivity index (χ1) is 8.78. The first-order valence-electron chi connectivity index (χ1n) is 6.50. The molecule has 0 aliphatic carbocycles. The van der Waals surface area contributed by atoms with E-state index in [0.717, 1.165) is 23.6 Å². The van der Waals surface area contributed by atoms with E-state index in [9.17, 15) is 0 Å². The predicted molar refractivity (Wildman–Crippen MR) is 70.4 cm³/mol. The zero-order valence-corrected chi connectivity index (χ0v) is 10.7. The summed E-state index contributed by atoms with van der Waals surface area (Å²) in [7, 11) is 2.17. The monoisotopic (exact) mass is 245 g/mol. The number of fused-ring (bicyclic) bond motifs is 1. The van der Waals surface area contributed by atoms with Crippen molar-refractivity contribution in [2.45, 2.75) is 25.3 Å². The minimum atomic E-state index is 0.488. The molecule has 0 spiro atoms. The van der Waals surface area contributed by atoms with Gasteiger partial charge in [0.15, 0.2) is 5.65 Å². The zero-order valence-electron chi connectivity index (χ0n) is 10.7. The SMILES string of the molecule is CN1CCCC(c2nnc3cc(CN)ccn23)C1. The summed E-state index contributed by atoms with van der Waals surface area (Å²) < 4.78 is 2.10. The smallest absolute Gasteiger partial charge is 0.161 e. The summed E-state index contributed by atoms with van der Waals surface area (Å²) in [5.41, 5.74) is 7.65. The largest absolute Gasteiger partial charge is 0.326 e. The predicted octanol–water partition coefficient (Wildman–Crippen LogP) is 0.997. The Morgan fingerprint density at radius 1 is 1.44 bits per heavy atom. The molecular formula is C13H19N5. The van der Waals surface area contributed by atoms with Crippen LogP contribution in [0.4, 0.5) is 0 Å². The maximum absolute atomic E-state index is 5.64. The van der Waals surface area contributed by atoms with Crippen molar-refractivity contribution < 1.29 is 0 Å². The molecule has 0 bridgehead atoms. The molecule has 0 aromatic carbocycles. The summed E-state index contributed by atoms with van der Waals surface area (Å²) in [5, 5.41) is 8.64. The minimum Gasteiger partial charge on any atom is -0.326 e. The van der Waals surface area contributed by atoms with Crippen molar-refractivity contribution in [3.05, 3.63) is 29.7 Å². The third-order valence-electron chi connectivity index (χ3n) is 3.73. The highest BCUT2D eigenvalue weighted by molar-refractivity contribution is 5.41. The van der Waals surface area contributed by atoms with Crippen molar-refractivity contribution in [3.8, 4) is 0 Å². The second-order valence-corrected chi connectivity index (χ2v) is 5.13. The Balaban J connectivity index is 1.97. The van der Waals surface area contributed by atoms with Crippen LogP contribution in [0.1, 0.15) is 30.1 Å². The molecule has 1 atom stereocenters. The summed E-state index contributed by atoms with van der Waals surface area (Å²) in [6, 6.07) is 4.06. The molecule has 3 rings (SSSR count). The van der Waals surface area contributed by atoms with E-state index in [0.29, 0.717) is 12.5 Å². The van der Waals surface area contributed by atoms with Crippen LogP contribution in [0.15, 0.2) is 18.3 Å². The fraction of sp³-hybridized carbons (Fsp3) is 0.538. The summed E-state index contributed by atoms with van der Waals surface area (Å²) in [5.74, 6) is 1.57. The molecule has 0 amide bonds. The number of nitrogens with zero attached hydrogens (tertiary/aromatic N) is 4. The number of rotatable bonds is 2. The number of piperidine rings is 1. The van der Waals surface area contributed by atoms with Crippen LogP contribution < -0.4 is 5.73 Å². The molecule has 1 aliphatic rings. The van der Waals surface area contributed by atoms with Crippen LogP contribution in [0.25, 0.3) is 5.65 Å². The van der Waals surface area contributed by atoms with Crippen LogP contribution in [0, 0.1) is 0 Å². The van der Waals surface area contributed by atoms with Gasteiger partial charge in [-0.25, -0.2) is 0 Å². The van der Waals surface area contributed by atoms with Crippen LogP contribution in [0.2, 0.25) is 0 Å². The van der Waals surface area contributed by atoms with Gasteiger partial charge in [-0.05, 0) is 44.1 Å².